The largest absolute Gasteiger partial charge is 0.380 e. The Hall–Kier alpha value is -1.40. The van der Waals surface area contributed by atoms with Gasteiger partial charge in [0, 0.05) is 15.5 Å². The molecule has 0 radical (unpaired) electrons. The fraction of sp³-hybridized carbons (Fsp3) is 0. The summed E-state index contributed by atoms with van der Waals surface area (Å²) in [6, 6.07) is 1.94. The molecule has 3 aromatic heterocycles. The Morgan fingerprint density at radius 2 is 2.27 bits per heavy atom. The van der Waals surface area contributed by atoms with Gasteiger partial charge < -0.3 is 5.73 Å². The van der Waals surface area contributed by atoms with Crippen molar-refractivity contribution in [3.05, 3.63) is 22.6 Å². The van der Waals surface area contributed by atoms with Gasteiger partial charge in [-0.25, -0.2) is 4.39 Å². The lowest BCUT2D eigenvalue weighted by Gasteiger charge is -1.89. The first-order valence-electron chi connectivity index (χ1n) is 4.21. The number of halogens is 1. The Balaban J connectivity index is 2.21. The van der Waals surface area contributed by atoms with E-state index in [2.05, 4.69) is 10.2 Å². The summed E-state index contributed by atoms with van der Waals surface area (Å²) < 4.78 is 14.6. The third kappa shape index (κ3) is 1.25. The van der Waals surface area contributed by atoms with E-state index in [1.165, 1.54) is 11.3 Å². The molecule has 0 aliphatic carbocycles. The van der Waals surface area contributed by atoms with Crippen LogP contribution in [0.3, 0.4) is 0 Å². The molecule has 0 aliphatic heterocycles. The molecule has 3 aromatic rings. The summed E-state index contributed by atoms with van der Waals surface area (Å²) in [7, 11) is 0. The fourth-order valence-electron chi connectivity index (χ4n) is 1.40. The summed E-state index contributed by atoms with van der Waals surface area (Å²) in [6.07, 6.45) is 0. The SMILES string of the molecule is Nc1n[nH]c(-c2cc3cscc3s2)c1F. The van der Waals surface area contributed by atoms with Gasteiger partial charge in [0.15, 0.2) is 11.6 Å². The summed E-state index contributed by atoms with van der Waals surface area (Å²) in [6.45, 7) is 0. The molecule has 0 atom stereocenters. The first kappa shape index (κ1) is 8.87. The molecule has 0 saturated heterocycles. The molecule has 0 aromatic carbocycles. The predicted octanol–water partition coefficient (Wildman–Crippen LogP) is 3.07. The van der Waals surface area contributed by atoms with Crippen LogP contribution in [0.25, 0.3) is 20.7 Å². The average Bonchev–Trinajstić information content (AvgIpc) is 2.82. The van der Waals surface area contributed by atoms with Crippen molar-refractivity contribution in [1.29, 1.82) is 0 Å². The summed E-state index contributed by atoms with van der Waals surface area (Å²) in [4.78, 5) is 0.828. The van der Waals surface area contributed by atoms with Gasteiger partial charge in [-0.15, -0.1) is 11.3 Å². The molecule has 3 heterocycles. The first-order valence-corrected chi connectivity index (χ1v) is 5.97. The zero-order valence-electron chi connectivity index (χ0n) is 7.45. The maximum atomic E-state index is 13.5. The number of aromatic amines is 1. The van der Waals surface area contributed by atoms with Crippen molar-refractivity contribution in [2.24, 2.45) is 0 Å². The molecule has 0 spiro atoms. The summed E-state index contributed by atoms with van der Waals surface area (Å²) >= 11 is 3.17. The number of nitrogens with zero attached hydrogens (tertiary/aromatic N) is 1. The van der Waals surface area contributed by atoms with Gasteiger partial charge in [-0.05, 0) is 11.4 Å². The number of hydrogen-bond donors (Lipinski definition) is 2. The highest BCUT2D eigenvalue weighted by atomic mass is 32.1. The zero-order valence-corrected chi connectivity index (χ0v) is 9.08. The topological polar surface area (TPSA) is 54.7 Å². The average molecular weight is 239 g/mol. The third-order valence-electron chi connectivity index (χ3n) is 2.14. The second kappa shape index (κ2) is 3.04. The molecule has 0 aliphatic rings. The number of anilines is 1. The molecule has 0 unspecified atom stereocenters. The molecule has 0 amide bonds. The van der Waals surface area contributed by atoms with E-state index in [4.69, 9.17) is 5.73 Å². The monoisotopic (exact) mass is 239 g/mol. The van der Waals surface area contributed by atoms with E-state index < -0.39 is 5.82 Å². The van der Waals surface area contributed by atoms with Crippen molar-refractivity contribution < 1.29 is 4.39 Å². The molecule has 3 rings (SSSR count). The minimum absolute atomic E-state index is 0.0825. The molecule has 76 valence electrons. The molecule has 0 fully saturated rings. The van der Waals surface area contributed by atoms with Crippen LogP contribution in [0.4, 0.5) is 10.2 Å². The molecule has 3 N–H and O–H groups in total. The van der Waals surface area contributed by atoms with Gasteiger partial charge in [-0.2, -0.15) is 16.4 Å². The van der Waals surface area contributed by atoms with Crippen molar-refractivity contribution in [2.45, 2.75) is 0 Å². The Morgan fingerprint density at radius 3 is 2.93 bits per heavy atom. The third-order valence-corrected chi connectivity index (χ3v) is 4.17. The Labute approximate surface area is 92.4 Å². The number of nitrogen functional groups attached to an aromatic ring is 1. The lowest BCUT2D eigenvalue weighted by atomic mass is 10.3. The van der Waals surface area contributed by atoms with Crippen molar-refractivity contribution in [3.63, 3.8) is 0 Å². The van der Waals surface area contributed by atoms with E-state index in [0.717, 1.165) is 15.0 Å². The highest BCUT2D eigenvalue weighted by Crippen LogP contribution is 2.36. The van der Waals surface area contributed by atoms with Crippen LogP contribution in [0.2, 0.25) is 0 Å². The number of nitrogens with two attached hydrogens (primary N) is 1. The van der Waals surface area contributed by atoms with E-state index in [1.54, 1.807) is 11.3 Å². The molecule has 3 nitrogen and oxygen atoms in total. The van der Waals surface area contributed by atoms with Gasteiger partial charge in [0.05, 0.1) is 4.88 Å². The van der Waals surface area contributed by atoms with Crippen LogP contribution in [-0.2, 0) is 0 Å². The van der Waals surface area contributed by atoms with E-state index in [9.17, 15) is 4.39 Å². The number of nitrogens with one attached hydrogen (secondary N) is 1. The van der Waals surface area contributed by atoms with Crippen LogP contribution in [0, 0.1) is 5.82 Å². The number of thiophene rings is 2. The second-order valence-electron chi connectivity index (χ2n) is 3.10. The molecular formula is C9H6FN3S2. The van der Waals surface area contributed by atoms with Gasteiger partial charge in [-0.3, -0.25) is 5.10 Å². The van der Waals surface area contributed by atoms with Crippen molar-refractivity contribution in [1.82, 2.24) is 10.2 Å². The Kier molecular flexibility index (Phi) is 1.80. The number of H-pyrrole nitrogens is 1. The van der Waals surface area contributed by atoms with Crippen LogP contribution in [0.5, 0.6) is 0 Å². The van der Waals surface area contributed by atoms with E-state index in [1.807, 2.05) is 16.8 Å². The highest BCUT2D eigenvalue weighted by molar-refractivity contribution is 7.25. The normalized spacial score (nSPS) is 11.3. The molecule has 6 heteroatoms. The number of fused-ring (bicyclic) bond motifs is 1. The molecule has 0 saturated carbocycles. The fourth-order valence-corrected chi connectivity index (χ4v) is 3.40. The first-order chi connectivity index (χ1) is 7.25. The van der Waals surface area contributed by atoms with Crippen LogP contribution >= 0.6 is 22.7 Å². The van der Waals surface area contributed by atoms with Crippen molar-refractivity contribution in [3.8, 4) is 10.6 Å². The number of rotatable bonds is 1. The lowest BCUT2D eigenvalue weighted by molar-refractivity contribution is 0.637. The van der Waals surface area contributed by atoms with Gasteiger partial charge in [0.2, 0.25) is 0 Å². The molecule has 0 bridgehead atoms. The predicted molar refractivity (Wildman–Crippen MR) is 61.7 cm³/mol. The highest BCUT2D eigenvalue weighted by Gasteiger charge is 2.14. The van der Waals surface area contributed by atoms with Crippen LogP contribution in [0.15, 0.2) is 16.8 Å². The number of hydrogen-bond acceptors (Lipinski definition) is 4. The minimum Gasteiger partial charge on any atom is -0.380 e. The van der Waals surface area contributed by atoms with E-state index in [-0.39, 0.29) is 5.82 Å². The van der Waals surface area contributed by atoms with Crippen LogP contribution in [-0.4, -0.2) is 10.2 Å². The van der Waals surface area contributed by atoms with Gasteiger partial charge in [-0.1, -0.05) is 0 Å². The van der Waals surface area contributed by atoms with Gasteiger partial charge in [0.25, 0.3) is 0 Å². The van der Waals surface area contributed by atoms with E-state index in [0.29, 0.717) is 5.69 Å². The smallest absolute Gasteiger partial charge is 0.193 e. The summed E-state index contributed by atoms with van der Waals surface area (Å²) in [5.74, 6) is -0.552. The maximum absolute atomic E-state index is 13.5. The van der Waals surface area contributed by atoms with E-state index >= 15 is 0 Å². The lowest BCUT2D eigenvalue weighted by Crippen LogP contribution is -1.86. The van der Waals surface area contributed by atoms with Gasteiger partial charge >= 0.3 is 0 Å². The molecular weight excluding hydrogens is 233 g/mol. The Bertz CT molecular complexity index is 594. The van der Waals surface area contributed by atoms with Crippen molar-refractivity contribution in [2.75, 3.05) is 5.73 Å². The molecule has 15 heavy (non-hydrogen) atoms. The van der Waals surface area contributed by atoms with Crippen molar-refractivity contribution >= 4 is 38.6 Å². The maximum Gasteiger partial charge on any atom is 0.193 e. The Morgan fingerprint density at radius 1 is 1.40 bits per heavy atom. The van der Waals surface area contributed by atoms with Crippen LogP contribution in [0.1, 0.15) is 0 Å². The van der Waals surface area contributed by atoms with Crippen LogP contribution < -0.4 is 5.73 Å². The number of aromatic nitrogens is 2. The standard InChI is InChI=1S/C9H6FN3S2/c10-7-8(12-13-9(7)11)5-1-4-2-14-3-6(4)15-5/h1-3H,(H3,11,12,13). The minimum atomic E-state index is -0.470. The zero-order chi connectivity index (χ0) is 10.4. The summed E-state index contributed by atoms with van der Waals surface area (Å²) in [5, 5.41) is 11.4. The quantitative estimate of drug-likeness (QED) is 0.685. The van der Waals surface area contributed by atoms with Gasteiger partial charge in [0.1, 0.15) is 5.69 Å². The summed E-state index contributed by atoms with van der Waals surface area (Å²) in [5.41, 5.74) is 5.71. The second-order valence-corrected chi connectivity index (χ2v) is 4.93.